The van der Waals surface area contributed by atoms with E-state index in [1.54, 1.807) is 14.2 Å². The third-order valence-electron chi connectivity index (χ3n) is 4.03. The maximum atomic E-state index is 5.21. The van der Waals surface area contributed by atoms with Crippen LogP contribution in [0.15, 0.2) is 48.5 Å². The summed E-state index contributed by atoms with van der Waals surface area (Å²) in [7, 11) is 3.39. The summed E-state index contributed by atoms with van der Waals surface area (Å²) >= 11 is 0. The molecule has 0 spiro atoms. The first-order valence-corrected chi connectivity index (χ1v) is 6.93. The van der Waals surface area contributed by atoms with Crippen molar-refractivity contribution in [1.29, 1.82) is 0 Å². The van der Waals surface area contributed by atoms with E-state index in [1.165, 1.54) is 11.1 Å². The van der Waals surface area contributed by atoms with Crippen LogP contribution in [-0.4, -0.2) is 14.2 Å². The lowest BCUT2D eigenvalue weighted by Crippen LogP contribution is -2.04. The zero-order chi connectivity index (χ0) is 14.5. The van der Waals surface area contributed by atoms with Gasteiger partial charge in [-0.25, -0.2) is 0 Å². The molecule has 0 radical (unpaired) electrons. The van der Waals surface area contributed by atoms with Crippen molar-refractivity contribution in [1.82, 2.24) is 0 Å². The number of hydrogen-bond donors (Lipinski definition) is 0. The van der Waals surface area contributed by atoms with Gasteiger partial charge in [0.2, 0.25) is 0 Å². The Morgan fingerprint density at radius 2 is 0.900 bits per heavy atom. The van der Waals surface area contributed by atoms with Crippen LogP contribution in [0.4, 0.5) is 0 Å². The molecule has 0 aliphatic rings. The molecule has 2 nitrogen and oxygen atoms in total. The van der Waals surface area contributed by atoms with Crippen LogP contribution in [0.1, 0.15) is 36.8 Å². The van der Waals surface area contributed by atoms with Crippen molar-refractivity contribution in [3.8, 4) is 11.5 Å². The summed E-state index contributed by atoms with van der Waals surface area (Å²) < 4.78 is 10.4. The molecule has 0 aliphatic heterocycles. The smallest absolute Gasteiger partial charge is 0.118 e. The van der Waals surface area contributed by atoms with Crippen LogP contribution in [0, 0.1) is 0 Å². The number of methoxy groups -OCH3 is 2. The highest BCUT2D eigenvalue weighted by Crippen LogP contribution is 2.33. The zero-order valence-electron chi connectivity index (χ0n) is 12.6. The first-order chi connectivity index (χ1) is 9.65. The summed E-state index contributed by atoms with van der Waals surface area (Å²) in [4.78, 5) is 0. The van der Waals surface area contributed by atoms with Gasteiger partial charge in [-0.3, -0.25) is 0 Å². The Labute approximate surface area is 121 Å². The molecule has 0 N–H and O–H groups in total. The van der Waals surface area contributed by atoms with E-state index < -0.39 is 0 Å². The predicted molar refractivity (Wildman–Crippen MR) is 82.8 cm³/mol. The maximum Gasteiger partial charge on any atom is 0.118 e. The van der Waals surface area contributed by atoms with Crippen molar-refractivity contribution < 1.29 is 9.47 Å². The SMILES string of the molecule is COc1ccc(C(C)C(C)c2ccc(OC)cc2)cc1. The highest BCUT2D eigenvalue weighted by Gasteiger charge is 2.16. The molecular weight excluding hydrogens is 248 g/mol. The summed E-state index contributed by atoms with van der Waals surface area (Å²) in [5.41, 5.74) is 2.66. The summed E-state index contributed by atoms with van der Waals surface area (Å²) in [6.07, 6.45) is 0. The minimum absolute atomic E-state index is 0.453. The minimum atomic E-state index is 0.453. The summed E-state index contributed by atoms with van der Waals surface area (Å²) in [6, 6.07) is 16.7. The Morgan fingerprint density at radius 1 is 0.600 bits per heavy atom. The highest BCUT2D eigenvalue weighted by atomic mass is 16.5. The Kier molecular flexibility index (Phi) is 4.67. The molecule has 0 amide bonds. The summed E-state index contributed by atoms with van der Waals surface area (Å²) in [5, 5.41) is 0. The Bertz CT molecular complexity index is 477. The van der Waals surface area contributed by atoms with Crippen molar-refractivity contribution in [3.63, 3.8) is 0 Å². The minimum Gasteiger partial charge on any atom is -0.497 e. The van der Waals surface area contributed by atoms with E-state index in [0.717, 1.165) is 11.5 Å². The van der Waals surface area contributed by atoms with E-state index in [4.69, 9.17) is 9.47 Å². The van der Waals surface area contributed by atoms with E-state index in [-0.39, 0.29) is 0 Å². The van der Waals surface area contributed by atoms with Gasteiger partial charge < -0.3 is 9.47 Å². The molecule has 0 fully saturated rings. The second-order valence-electron chi connectivity index (χ2n) is 5.12. The number of ether oxygens (including phenoxy) is 2. The van der Waals surface area contributed by atoms with Crippen molar-refractivity contribution in [2.45, 2.75) is 25.7 Å². The van der Waals surface area contributed by atoms with Gasteiger partial charge >= 0.3 is 0 Å². The van der Waals surface area contributed by atoms with Gasteiger partial charge in [-0.1, -0.05) is 38.1 Å². The molecule has 0 saturated carbocycles. The molecule has 20 heavy (non-hydrogen) atoms. The third-order valence-corrected chi connectivity index (χ3v) is 4.03. The van der Waals surface area contributed by atoms with Gasteiger partial charge in [0, 0.05) is 0 Å². The van der Waals surface area contributed by atoms with Crippen LogP contribution in [0.2, 0.25) is 0 Å². The summed E-state index contributed by atoms with van der Waals surface area (Å²) in [5.74, 6) is 2.71. The molecule has 2 atom stereocenters. The standard InChI is InChI=1S/C18H22O2/c1-13(15-5-9-17(19-3)10-6-15)14(2)16-7-11-18(20-4)12-8-16/h5-14H,1-4H3. The first kappa shape index (κ1) is 14.4. The Balaban J connectivity index is 2.15. The molecular formula is C18H22O2. The van der Waals surface area contributed by atoms with Crippen molar-refractivity contribution in [2.75, 3.05) is 14.2 Å². The molecule has 0 bridgehead atoms. The predicted octanol–water partition coefficient (Wildman–Crippen LogP) is 4.61. The van der Waals surface area contributed by atoms with Crippen LogP contribution in [0.3, 0.4) is 0 Å². The first-order valence-electron chi connectivity index (χ1n) is 6.93. The van der Waals surface area contributed by atoms with Gasteiger partial charge in [-0.05, 0) is 47.2 Å². The van der Waals surface area contributed by atoms with Crippen molar-refractivity contribution >= 4 is 0 Å². The van der Waals surface area contributed by atoms with Gasteiger partial charge in [0.25, 0.3) is 0 Å². The molecule has 2 unspecified atom stereocenters. The second-order valence-corrected chi connectivity index (χ2v) is 5.12. The van der Waals surface area contributed by atoms with E-state index in [2.05, 4.69) is 38.1 Å². The molecule has 2 heteroatoms. The molecule has 2 aromatic carbocycles. The molecule has 0 aromatic heterocycles. The fraction of sp³-hybridized carbons (Fsp3) is 0.333. The van der Waals surface area contributed by atoms with Crippen LogP contribution in [-0.2, 0) is 0 Å². The van der Waals surface area contributed by atoms with Gasteiger partial charge in [0.15, 0.2) is 0 Å². The molecule has 2 aromatic rings. The van der Waals surface area contributed by atoms with Crippen LogP contribution >= 0.6 is 0 Å². The average molecular weight is 270 g/mol. The monoisotopic (exact) mass is 270 g/mol. The van der Waals surface area contributed by atoms with E-state index in [0.29, 0.717) is 11.8 Å². The molecule has 2 rings (SSSR count). The lowest BCUT2D eigenvalue weighted by molar-refractivity contribution is 0.414. The quantitative estimate of drug-likeness (QED) is 0.789. The van der Waals surface area contributed by atoms with Gasteiger partial charge in [0.05, 0.1) is 14.2 Å². The topological polar surface area (TPSA) is 18.5 Å². The van der Waals surface area contributed by atoms with E-state index in [9.17, 15) is 0 Å². The molecule has 106 valence electrons. The second kappa shape index (κ2) is 6.47. The van der Waals surface area contributed by atoms with Crippen LogP contribution in [0.5, 0.6) is 11.5 Å². The zero-order valence-corrected chi connectivity index (χ0v) is 12.6. The number of hydrogen-bond acceptors (Lipinski definition) is 2. The average Bonchev–Trinajstić information content (AvgIpc) is 2.53. The van der Waals surface area contributed by atoms with Gasteiger partial charge in [0.1, 0.15) is 11.5 Å². The van der Waals surface area contributed by atoms with E-state index >= 15 is 0 Å². The lowest BCUT2D eigenvalue weighted by Gasteiger charge is -2.21. The lowest BCUT2D eigenvalue weighted by atomic mass is 9.84. The third kappa shape index (κ3) is 3.13. The normalized spacial score (nSPS) is 13.6. The van der Waals surface area contributed by atoms with Crippen molar-refractivity contribution in [2.24, 2.45) is 0 Å². The van der Waals surface area contributed by atoms with Crippen LogP contribution < -0.4 is 9.47 Å². The number of rotatable bonds is 5. The largest absolute Gasteiger partial charge is 0.497 e. The maximum absolute atomic E-state index is 5.21. The molecule has 0 aliphatic carbocycles. The summed E-state index contributed by atoms with van der Waals surface area (Å²) in [6.45, 7) is 4.52. The van der Waals surface area contributed by atoms with Gasteiger partial charge in [-0.15, -0.1) is 0 Å². The van der Waals surface area contributed by atoms with Crippen LogP contribution in [0.25, 0.3) is 0 Å². The molecule has 0 heterocycles. The van der Waals surface area contributed by atoms with Crippen molar-refractivity contribution in [3.05, 3.63) is 59.7 Å². The Hall–Kier alpha value is -1.96. The fourth-order valence-corrected chi connectivity index (χ4v) is 2.39. The fourth-order valence-electron chi connectivity index (χ4n) is 2.39. The van der Waals surface area contributed by atoms with E-state index in [1.807, 2.05) is 24.3 Å². The molecule has 0 saturated heterocycles. The Morgan fingerprint density at radius 3 is 1.15 bits per heavy atom. The number of benzene rings is 2. The van der Waals surface area contributed by atoms with Gasteiger partial charge in [-0.2, -0.15) is 0 Å². The highest BCUT2D eigenvalue weighted by molar-refractivity contribution is 5.34.